The molecule has 3 nitrogen and oxygen atoms in total. The number of H-pyrrole nitrogens is 1. The van der Waals surface area contributed by atoms with Gasteiger partial charge >= 0.3 is 0 Å². The fourth-order valence-corrected chi connectivity index (χ4v) is 3.16. The third kappa shape index (κ3) is 2.94. The summed E-state index contributed by atoms with van der Waals surface area (Å²) in [6.45, 7) is 0. The van der Waals surface area contributed by atoms with Gasteiger partial charge in [-0.25, -0.2) is 4.98 Å². The van der Waals surface area contributed by atoms with E-state index in [1.807, 2.05) is 48.5 Å². The SMILES string of the molecule is O=c1[nH]c2ccccc2nc1SCc1cccc(Br)c1. The Kier molecular flexibility index (Phi) is 3.89. The molecule has 0 aliphatic carbocycles. The first-order valence-electron chi connectivity index (χ1n) is 6.09. The third-order valence-electron chi connectivity index (χ3n) is 2.83. The molecule has 5 heteroatoms. The minimum absolute atomic E-state index is 0.135. The van der Waals surface area contributed by atoms with Crippen molar-refractivity contribution in [2.24, 2.45) is 0 Å². The van der Waals surface area contributed by atoms with Crippen molar-refractivity contribution >= 4 is 38.7 Å². The maximum atomic E-state index is 12.0. The largest absolute Gasteiger partial charge is 0.318 e. The Morgan fingerprint density at radius 2 is 2.00 bits per heavy atom. The molecule has 0 aliphatic heterocycles. The summed E-state index contributed by atoms with van der Waals surface area (Å²) >= 11 is 4.89. The Morgan fingerprint density at radius 3 is 2.85 bits per heavy atom. The summed E-state index contributed by atoms with van der Waals surface area (Å²) in [5.41, 5.74) is 2.59. The summed E-state index contributed by atoms with van der Waals surface area (Å²) in [4.78, 5) is 19.3. The fourth-order valence-electron chi connectivity index (χ4n) is 1.89. The van der Waals surface area contributed by atoms with Crippen molar-refractivity contribution in [2.75, 3.05) is 0 Å². The van der Waals surface area contributed by atoms with Crippen molar-refractivity contribution in [1.29, 1.82) is 0 Å². The van der Waals surface area contributed by atoms with Gasteiger partial charge in [-0.2, -0.15) is 0 Å². The van der Waals surface area contributed by atoms with E-state index in [1.165, 1.54) is 11.8 Å². The molecule has 0 bridgehead atoms. The molecule has 0 aliphatic rings. The molecule has 3 aromatic rings. The van der Waals surface area contributed by atoms with E-state index < -0.39 is 0 Å². The predicted octanol–water partition coefficient (Wildman–Crippen LogP) is 3.98. The van der Waals surface area contributed by atoms with Gasteiger partial charge in [0, 0.05) is 10.2 Å². The zero-order chi connectivity index (χ0) is 13.9. The first-order valence-corrected chi connectivity index (χ1v) is 7.86. The van der Waals surface area contributed by atoms with Crippen LogP contribution in [-0.2, 0) is 5.75 Å². The van der Waals surface area contributed by atoms with E-state index in [9.17, 15) is 4.79 Å². The molecule has 0 atom stereocenters. The molecule has 0 spiro atoms. The molecule has 0 saturated carbocycles. The number of hydrogen-bond acceptors (Lipinski definition) is 3. The average molecular weight is 347 g/mol. The first kappa shape index (κ1) is 13.4. The van der Waals surface area contributed by atoms with Gasteiger partial charge in [0.2, 0.25) is 0 Å². The number of rotatable bonds is 3. The average Bonchev–Trinajstić information content (AvgIpc) is 2.45. The number of benzene rings is 2. The van der Waals surface area contributed by atoms with E-state index in [0.717, 1.165) is 21.1 Å². The van der Waals surface area contributed by atoms with Crippen LogP contribution >= 0.6 is 27.7 Å². The van der Waals surface area contributed by atoms with Gasteiger partial charge in [-0.3, -0.25) is 4.79 Å². The number of para-hydroxylation sites is 2. The van der Waals surface area contributed by atoms with E-state index in [-0.39, 0.29) is 5.56 Å². The molecule has 1 aromatic heterocycles. The highest BCUT2D eigenvalue weighted by Gasteiger charge is 2.05. The molecule has 1 heterocycles. The lowest BCUT2D eigenvalue weighted by Gasteiger charge is -2.03. The summed E-state index contributed by atoms with van der Waals surface area (Å²) in [5, 5.41) is 0.503. The Hall–Kier alpha value is -1.59. The van der Waals surface area contributed by atoms with Crippen LogP contribution in [0.2, 0.25) is 0 Å². The first-order chi connectivity index (χ1) is 9.72. The van der Waals surface area contributed by atoms with Crippen molar-refractivity contribution in [3.8, 4) is 0 Å². The van der Waals surface area contributed by atoms with Crippen molar-refractivity contribution in [2.45, 2.75) is 10.8 Å². The highest BCUT2D eigenvalue weighted by Crippen LogP contribution is 2.21. The second-order valence-corrected chi connectivity index (χ2v) is 6.19. The topological polar surface area (TPSA) is 45.8 Å². The van der Waals surface area contributed by atoms with Gasteiger partial charge in [-0.1, -0.05) is 52.0 Å². The number of halogens is 1. The highest BCUT2D eigenvalue weighted by atomic mass is 79.9. The minimum atomic E-state index is -0.135. The number of fused-ring (bicyclic) bond motifs is 1. The molecular formula is C15H11BrN2OS. The number of nitrogens with zero attached hydrogens (tertiary/aromatic N) is 1. The zero-order valence-electron chi connectivity index (χ0n) is 10.5. The Morgan fingerprint density at radius 1 is 1.15 bits per heavy atom. The number of aromatic amines is 1. The lowest BCUT2D eigenvalue weighted by Crippen LogP contribution is -2.10. The molecule has 20 heavy (non-hydrogen) atoms. The second kappa shape index (κ2) is 5.81. The number of thioether (sulfide) groups is 1. The summed E-state index contributed by atoms with van der Waals surface area (Å²) in [6.07, 6.45) is 0. The summed E-state index contributed by atoms with van der Waals surface area (Å²) in [5.74, 6) is 0.716. The molecule has 2 aromatic carbocycles. The fraction of sp³-hybridized carbons (Fsp3) is 0.0667. The standard InChI is InChI=1S/C15H11BrN2OS/c16-11-5-3-4-10(8-11)9-20-15-14(19)17-12-6-1-2-7-13(12)18-15/h1-8H,9H2,(H,17,19). The van der Waals surface area contributed by atoms with Crippen molar-refractivity contribution < 1.29 is 0 Å². The number of hydrogen-bond donors (Lipinski definition) is 1. The molecular weight excluding hydrogens is 336 g/mol. The molecule has 0 fully saturated rings. The summed E-state index contributed by atoms with van der Waals surface area (Å²) < 4.78 is 1.04. The molecule has 0 unspecified atom stereocenters. The van der Waals surface area contributed by atoms with Crippen LogP contribution in [0.5, 0.6) is 0 Å². The summed E-state index contributed by atoms with van der Waals surface area (Å²) in [6, 6.07) is 15.6. The zero-order valence-corrected chi connectivity index (χ0v) is 12.9. The van der Waals surface area contributed by atoms with Crippen LogP contribution in [0.3, 0.4) is 0 Å². The van der Waals surface area contributed by atoms with Crippen LogP contribution in [0.25, 0.3) is 11.0 Å². The van der Waals surface area contributed by atoms with Gasteiger partial charge in [-0.15, -0.1) is 0 Å². The smallest absolute Gasteiger partial charge is 0.280 e. The van der Waals surface area contributed by atoms with Gasteiger partial charge in [0.1, 0.15) is 0 Å². The molecule has 1 N–H and O–H groups in total. The van der Waals surface area contributed by atoms with Gasteiger partial charge in [0.15, 0.2) is 5.03 Å². The van der Waals surface area contributed by atoms with Gasteiger partial charge in [0.05, 0.1) is 11.0 Å². The maximum absolute atomic E-state index is 12.0. The van der Waals surface area contributed by atoms with Crippen molar-refractivity contribution in [1.82, 2.24) is 9.97 Å². The maximum Gasteiger partial charge on any atom is 0.280 e. The number of nitrogens with one attached hydrogen (secondary N) is 1. The van der Waals surface area contributed by atoms with Crippen molar-refractivity contribution in [3.05, 3.63) is 68.9 Å². The highest BCUT2D eigenvalue weighted by molar-refractivity contribution is 9.10. The Labute approximate surface area is 128 Å². The van der Waals surface area contributed by atoms with Crippen LogP contribution in [0, 0.1) is 0 Å². The monoisotopic (exact) mass is 346 g/mol. The molecule has 0 amide bonds. The van der Waals surface area contributed by atoms with E-state index in [1.54, 1.807) is 0 Å². The minimum Gasteiger partial charge on any atom is -0.318 e. The van der Waals surface area contributed by atoms with E-state index >= 15 is 0 Å². The lowest BCUT2D eigenvalue weighted by molar-refractivity contribution is 1.05. The Bertz CT molecular complexity index is 816. The van der Waals surface area contributed by atoms with Gasteiger partial charge in [-0.05, 0) is 29.8 Å². The van der Waals surface area contributed by atoms with Crippen LogP contribution in [-0.4, -0.2) is 9.97 Å². The molecule has 3 rings (SSSR count). The van der Waals surface area contributed by atoms with E-state index in [0.29, 0.717) is 10.8 Å². The predicted molar refractivity (Wildman–Crippen MR) is 86.1 cm³/mol. The van der Waals surface area contributed by atoms with Gasteiger partial charge < -0.3 is 4.98 Å². The van der Waals surface area contributed by atoms with Crippen LogP contribution in [0.4, 0.5) is 0 Å². The second-order valence-electron chi connectivity index (χ2n) is 4.31. The summed E-state index contributed by atoms with van der Waals surface area (Å²) in [7, 11) is 0. The normalized spacial score (nSPS) is 10.8. The molecule has 0 radical (unpaired) electrons. The van der Waals surface area contributed by atoms with Crippen LogP contribution < -0.4 is 5.56 Å². The van der Waals surface area contributed by atoms with Crippen molar-refractivity contribution in [3.63, 3.8) is 0 Å². The molecule has 100 valence electrons. The Balaban J connectivity index is 1.87. The quantitative estimate of drug-likeness (QED) is 0.729. The lowest BCUT2D eigenvalue weighted by atomic mass is 10.2. The van der Waals surface area contributed by atoms with E-state index in [2.05, 4.69) is 25.9 Å². The van der Waals surface area contributed by atoms with Crippen LogP contribution in [0.15, 0.2) is 62.8 Å². The van der Waals surface area contributed by atoms with Crippen LogP contribution in [0.1, 0.15) is 5.56 Å². The van der Waals surface area contributed by atoms with Gasteiger partial charge in [0.25, 0.3) is 5.56 Å². The number of aromatic nitrogens is 2. The van der Waals surface area contributed by atoms with E-state index in [4.69, 9.17) is 0 Å². The molecule has 0 saturated heterocycles. The third-order valence-corrected chi connectivity index (χ3v) is 4.35.